The first-order valence-corrected chi connectivity index (χ1v) is 8.59. The summed E-state index contributed by atoms with van der Waals surface area (Å²) in [6, 6.07) is 9.44. The molecule has 1 aromatic carbocycles. The van der Waals surface area contributed by atoms with E-state index < -0.39 is 0 Å². The van der Waals surface area contributed by atoms with Crippen LogP contribution in [0.1, 0.15) is 30.8 Å². The van der Waals surface area contributed by atoms with Crippen LogP contribution in [0.4, 0.5) is 5.82 Å². The summed E-state index contributed by atoms with van der Waals surface area (Å²) < 4.78 is 7.09. The Morgan fingerprint density at radius 1 is 1.31 bits per heavy atom. The summed E-state index contributed by atoms with van der Waals surface area (Å²) in [5.74, 6) is 1.71. The molecule has 1 aliphatic heterocycles. The van der Waals surface area contributed by atoms with Crippen LogP contribution in [-0.4, -0.2) is 43.8 Å². The molecule has 8 nitrogen and oxygen atoms in total. The molecular weight excluding hydrogens is 332 g/mol. The summed E-state index contributed by atoms with van der Waals surface area (Å²) in [5.41, 5.74) is 8.52. The van der Waals surface area contributed by atoms with Crippen LogP contribution >= 0.6 is 0 Å². The molecule has 26 heavy (non-hydrogen) atoms. The van der Waals surface area contributed by atoms with Crippen LogP contribution in [0.3, 0.4) is 0 Å². The number of amides is 1. The third kappa shape index (κ3) is 2.83. The molecule has 0 spiro atoms. The number of carbonyl (C=O) groups is 1. The van der Waals surface area contributed by atoms with Crippen molar-refractivity contribution in [2.75, 3.05) is 18.8 Å². The maximum absolute atomic E-state index is 11.9. The lowest BCUT2D eigenvalue weighted by molar-refractivity contribution is -0.127. The average Bonchev–Trinajstić information content (AvgIpc) is 3.33. The van der Waals surface area contributed by atoms with Gasteiger partial charge in [-0.05, 0) is 38.1 Å². The Morgan fingerprint density at radius 3 is 2.69 bits per heavy atom. The molecule has 8 heteroatoms. The zero-order valence-corrected chi connectivity index (χ0v) is 14.7. The van der Waals surface area contributed by atoms with E-state index in [1.54, 1.807) is 9.58 Å². The summed E-state index contributed by atoms with van der Waals surface area (Å²) in [6.07, 6.45) is 0.423. The van der Waals surface area contributed by atoms with Gasteiger partial charge >= 0.3 is 0 Å². The van der Waals surface area contributed by atoms with Gasteiger partial charge in [-0.1, -0.05) is 5.16 Å². The van der Waals surface area contributed by atoms with E-state index in [1.165, 1.54) is 0 Å². The zero-order chi connectivity index (χ0) is 18.3. The van der Waals surface area contributed by atoms with E-state index in [0.717, 1.165) is 16.9 Å². The van der Waals surface area contributed by atoms with Crippen LogP contribution < -0.4 is 5.73 Å². The third-order valence-corrected chi connectivity index (χ3v) is 4.62. The molecule has 3 aromatic rings. The van der Waals surface area contributed by atoms with Crippen molar-refractivity contribution in [1.82, 2.24) is 24.8 Å². The van der Waals surface area contributed by atoms with E-state index in [9.17, 15) is 4.79 Å². The second kappa shape index (κ2) is 6.29. The molecule has 0 unspecified atom stereocenters. The maximum Gasteiger partial charge on any atom is 0.232 e. The normalized spacial score (nSPS) is 17.2. The fourth-order valence-corrected chi connectivity index (χ4v) is 3.24. The summed E-state index contributed by atoms with van der Waals surface area (Å²) in [7, 11) is 0. The number of likely N-dealkylation sites (N-methyl/N-ethyl adjacent to an activating group) is 1. The van der Waals surface area contributed by atoms with Gasteiger partial charge in [0.2, 0.25) is 17.6 Å². The maximum atomic E-state index is 11.9. The number of nitrogen functional groups attached to an aromatic ring is 1. The molecule has 0 bridgehead atoms. The molecular formula is C18H20N6O2. The van der Waals surface area contributed by atoms with Gasteiger partial charge in [0.25, 0.3) is 0 Å². The molecule has 2 N–H and O–H groups in total. The highest BCUT2D eigenvalue weighted by Gasteiger charge is 2.33. The average molecular weight is 352 g/mol. The lowest BCUT2D eigenvalue weighted by Crippen LogP contribution is -2.24. The number of anilines is 1. The van der Waals surface area contributed by atoms with Crippen LogP contribution in [-0.2, 0) is 4.79 Å². The van der Waals surface area contributed by atoms with Gasteiger partial charge in [-0.3, -0.25) is 4.79 Å². The highest BCUT2D eigenvalue weighted by Crippen LogP contribution is 2.28. The van der Waals surface area contributed by atoms with Crippen LogP contribution in [0.5, 0.6) is 0 Å². The molecule has 134 valence electrons. The second-order valence-corrected chi connectivity index (χ2v) is 6.46. The first kappa shape index (κ1) is 16.3. The number of aromatic nitrogens is 4. The minimum Gasteiger partial charge on any atom is -0.384 e. The van der Waals surface area contributed by atoms with Gasteiger partial charge in [-0.2, -0.15) is 10.1 Å². The number of nitrogens with zero attached hydrogens (tertiary/aromatic N) is 5. The molecule has 1 saturated heterocycles. The second-order valence-electron chi connectivity index (χ2n) is 6.46. The van der Waals surface area contributed by atoms with Gasteiger partial charge < -0.3 is 15.2 Å². The van der Waals surface area contributed by atoms with E-state index in [2.05, 4.69) is 15.2 Å². The highest BCUT2D eigenvalue weighted by atomic mass is 16.5. The van der Waals surface area contributed by atoms with E-state index in [-0.39, 0.29) is 11.8 Å². The quantitative estimate of drug-likeness (QED) is 0.772. The first-order chi connectivity index (χ1) is 12.5. The fourth-order valence-electron chi connectivity index (χ4n) is 3.24. The molecule has 1 aliphatic rings. The molecule has 3 heterocycles. The van der Waals surface area contributed by atoms with Crippen molar-refractivity contribution in [3.8, 4) is 17.1 Å². The Hall–Kier alpha value is -3.16. The summed E-state index contributed by atoms with van der Waals surface area (Å²) in [5, 5.41) is 8.43. The first-order valence-electron chi connectivity index (χ1n) is 8.59. The number of hydrogen-bond donors (Lipinski definition) is 1. The standard InChI is InChI=1S/C18H20N6O2/c1-3-23-10-13(9-16(23)25)18-20-17(22-26-18)12-4-6-14(7-5-12)24-15(19)8-11(2)21-24/h4-8,13H,3,9-10,19H2,1-2H3/t13-/m0/s1. The molecule has 0 aliphatic carbocycles. The Labute approximate surface area is 150 Å². The molecule has 0 radical (unpaired) electrons. The van der Waals surface area contributed by atoms with Crippen LogP contribution in [0.2, 0.25) is 0 Å². The van der Waals surface area contributed by atoms with Gasteiger partial charge in [0, 0.05) is 31.1 Å². The monoisotopic (exact) mass is 352 g/mol. The van der Waals surface area contributed by atoms with E-state index in [4.69, 9.17) is 10.3 Å². The van der Waals surface area contributed by atoms with Gasteiger partial charge in [0.1, 0.15) is 5.82 Å². The number of benzene rings is 1. The molecule has 0 saturated carbocycles. The van der Waals surface area contributed by atoms with E-state index in [1.807, 2.05) is 44.2 Å². The summed E-state index contributed by atoms with van der Waals surface area (Å²) >= 11 is 0. The Kier molecular flexibility index (Phi) is 3.95. The smallest absolute Gasteiger partial charge is 0.232 e. The Bertz CT molecular complexity index is 943. The summed E-state index contributed by atoms with van der Waals surface area (Å²) in [4.78, 5) is 18.2. The van der Waals surface area contributed by atoms with Crippen LogP contribution in [0, 0.1) is 6.92 Å². The van der Waals surface area contributed by atoms with Crippen LogP contribution in [0.15, 0.2) is 34.9 Å². The van der Waals surface area contributed by atoms with Crippen molar-refractivity contribution in [3.63, 3.8) is 0 Å². The Morgan fingerprint density at radius 2 is 2.08 bits per heavy atom. The van der Waals surface area contributed by atoms with E-state index in [0.29, 0.717) is 37.0 Å². The highest BCUT2D eigenvalue weighted by molar-refractivity contribution is 5.79. The predicted molar refractivity (Wildman–Crippen MR) is 95.6 cm³/mol. The molecule has 4 rings (SSSR count). The van der Waals surface area contributed by atoms with Gasteiger partial charge in [-0.15, -0.1) is 0 Å². The lowest BCUT2D eigenvalue weighted by atomic mass is 10.1. The van der Waals surface area contributed by atoms with Crippen molar-refractivity contribution < 1.29 is 9.32 Å². The van der Waals surface area contributed by atoms with Crippen molar-refractivity contribution in [1.29, 1.82) is 0 Å². The van der Waals surface area contributed by atoms with Crippen LogP contribution in [0.25, 0.3) is 17.1 Å². The largest absolute Gasteiger partial charge is 0.384 e. The predicted octanol–water partition coefficient (Wildman–Crippen LogP) is 2.15. The summed E-state index contributed by atoms with van der Waals surface area (Å²) in [6.45, 7) is 5.20. The topological polar surface area (TPSA) is 103 Å². The van der Waals surface area contributed by atoms with Crippen molar-refractivity contribution in [2.45, 2.75) is 26.2 Å². The van der Waals surface area contributed by atoms with Gasteiger partial charge in [0.15, 0.2) is 0 Å². The molecule has 1 atom stereocenters. The van der Waals surface area contributed by atoms with Crippen molar-refractivity contribution in [3.05, 3.63) is 41.9 Å². The third-order valence-electron chi connectivity index (χ3n) is 4.62. The minimum absolute atomic E-state index is 0.0326. The number of carbonyl (C=O) groups excluding carboxylic acids is 1. The number of nitrogens with two attached hydrogens (primary N) is 1. The number of aryl methyl sites for hydroxylation is 1. The zero-order valence-electron chi connectivity index (χ0n) is 14.7. The molecule has 1 fully saturated rings. The number of hydrogen-bond acceptors (Lipinski definition) is 6. The SMILES string of the molecule is CCN1C[C@@H](c2nc(-c3ccc(-n4nc(C)cc4N)cc3)no2)CC1=O. The molecule has 2 aromatic heterocycles. The number of likely N-dealkylation sites (tertiary alicyclic amines) is 1. The number of rotatable bonds is 4. The fraction of sp³-hybridized carbons (Fsp3) is 0.333. The Balaban J connectivity index is 1.55. The van der Waals surface area contributed by atoms with Gasteiger partial charge in [0.05, 0.1) is 17.3 Å². The van der Waals surface area contributed by atoms with Crippen molar-refractivity contribution >= 4 is 11.7 Å². The lowest BCUT2D eigenvalue weighted by Gasteiger charge is -2.11. The van der Waals surface area contributed by atoms with E-state index >= 15 is 0 Å². The minimum atomic E-state index is -0.0326. The van der Waals surface area contributed by atoms with Gasteiger partial charge in [-0.25, -0.2) is 4.68 Å². The van der Waals surface area contributed by atoms with Crippen molar-refractivity contribution in [2.24, 2.45) is 0 Å². The molecule has 1 amide bonds.